The number of carbonyl (C=O) groups is 1. The standard InChI is InChI=1S/C17H32N2O2/c1-15(2,3)21-14(20)18-12-17(5,13-7-8-13)19-11-16(4)9-6-10-16/h13,19H,6-12H2,1-5H3,(H,18,20). The molecule has 0 aromatic rings. The summed E-state index contributed by atoms with van der Waals surface area (Å²) in [5, 5.41) is 6.70. The molecule has 0 heterocycles. The maximum absolute atomic E-state index is 11.9. The third-order valence-corrected chi connectivity index (χ3v) is 4.96. The molecule has 1 atom stereocenters. The van der Waals surface area contributed by atoms with Crippen LogP contribution in [0.4, 0.5) is 4.79 Å². The Balaban J connectivity index is 1.82. The summed E-state index contributed by atoms with van der Waals surface area (Å²) in [4.78, 5) is 11.9. The van der Waals surface area contributed by atoms with Gasteiger partial charge in [0.1, 0.15) is 5.60 Å². The van der Waals surface area contributed by atoms with E-state index in [4.69, 9.17) is 4.74 Å². The zero-order chi connectivity index (χ0) is 15.7. The molecule has 0 spiro atoms. The fourth-order valence-electron chi connectivity index (χ4n) is 3.01. The minimum Gasteiger partial charge on any atom is -0.444 e. The SMILES string of the molecule is CC1(CNC(C)(CNC(=O)OC(C)(C)C)C2CC2)CCC1. The minimum absolute atomic E-state index is 0.00446. The van der Waals surface area contributed by atoms with E-state index in [1.54, 1.807) is 0 Å². The zero-order valence-corrected chi connectivity index (χ0v) is 14.3. The van der Waals surface area contributed by atoms with Crippen molar-refractivity contribution in [2.75, 3.05) is 13.1 Å². The lowest BCUT2D eigenvalue weighted by molar-refractivity contribution is 0.0501. The van der Waals surface area contributed by atoms with Gasteiger partial charge < -0.3 is 15.4 Å². The van der Waals surface area contributed by atoms with E-state index in [1.165, 1.54) is 32.1 Å². The predicted molar refractivity (Wildman–Crippen MR) is 85.3 cm³/mol. The molecule has 0 radical (unpaired) electrons. The fourth-order valence-corrected chi connectivity index (χ4v) is 3.01. The van der Waals surface area contributed by atoms with Crippen LogP contribution in [0, 0.1) is 11.3 Å². The van der Waals surface area contributed by atoms with Crippen LogP contribution in [0.15, 0.2) is 0 Å². The molecular weight excluding hydrogens is 264 g/mol. The second-order valence-electron chi connectivity index (χ2n) is 8.56. The Morgan fingerprint density at radius 1 is 1.24 bits per heavy atom. The lowest BCUT2D eigenvalue weighted by Crippen LogP contribution is -2.56. The Morgan fingerprint density at radius 3 is 2.29 bits per heavy atom. The predicted octanol–water partition coefficient (Wildman–Crippen LogP) is 3.46. The first kappa shape index (κ1) is 16.6. The van der Waals surface area contributed by atoms with Crippen molar-refractivity contribution in [2.24, 2.45) is 11.3 Å². The summed E-state index contributed by atoms with van der Waals surface area (Å²) in [5.41, 5.74) is 0.0183. The fraction of sp³-hybridized carbons (Fsp3) is 0.941. The summed E-state index contributed by atoms with van der Waals surface area (Å²) in [5.74, 6) is 0.677. The molecule has 0 bridgehead atoms. The maximum atomic E-state index is 11.9. The largest absolute Gasteiger partial charge is 0.444 e. The first-order chi connectivity index (χ1) is 9.62. The monoisotopic (exact) mass is 296 g/mol. The molecule has 1 unspecified atom stereocenters. The van der Waals surface area contributed by atoms with Crippen molar-refractivity contribution in [3.63, 3.8) is 0 Å². The van der Waals surface area contributed by atoms with Gasteiger partial charge in [0.2, 0.25) is 0 Å². The average molecular weight is 296 g/mol. The van der Waals surface area contributed by atoms with E-state index in [-0.39, 0.29) is 11.6 Å². The van der Waals surface area contributed by atoms with Crippen LogP contribution in [0.1, 0.15) is 66.7 Å². The van der Waals surface area contributed by atoms with Gasteiger partial charge in [0, 0.05) is 18.6 Å². The van der Waals surface area contributed by atoms with E-state index in [0.29, 0.717) is 17.9 Å². The van der Waals surface area contributed by atoms with E-state index in [2.05, 4.69) is 24.5 Å². The lowest BCUT2D eigenvalue weighted by atomic mass is 9.70. The van der Waals surface area contributed by atoms with Gasteiger partial charge in [0.05, 0.1) is 0 Å². The molecule has 4 heteroatoms. The number of alkyl carbamates (subject to hydrolysis) is 1. The van der Waals surface area contributed by atoms with Gasteiger partial charge in [-0.1, -0.05) is 13.3 Å². The first-order valence-electron chi connectivity index (χ1n) is 8.34. The highest BCUT2D eigenvalue weighted by Gasteiger charge is 2.43. The molecule has 1 amide bonds. The quantitative estimate of drug-likeness (QED) is 0.789. The highest BCUT2D eigenvalue weighted by molar-refractivity contribution is 5.67. The summed E-state index contributed by atoms with van der Waals surface area (Å²) >= 11 is 0. The van der Waals surface area contributed by atoms with Crippen LogP contribution in [0.25, 0.3) is 0 Å². The van der Waals surface area contributed by atoms with Crippen LogP contribution in [-0.2, 0) is 4.74 Å². The van der Waals surface area contributed by atoms with E-state index >= 15 is 0 Å². The lowest BCUT2D eigenvalue weighted by Gasteiger charge is -2.42. The molecule has 0 saturated heterocycles. The molecule has 2 aliphatic carbocycles. The Kier molecular flexibility index (Phi) is 4.57. The number of nitrogens with one attached hydrogen (secondary N) is 2. The summed E-state index contributed by atoms with van der Waals surface area (Å²) < 4.78 is 5.33. The Labute approximate surface area is 129 Å². The third kappa shape index (κ3) is 4.87. The molecular formula is C17H32N2O2. The second-order valence-corrected chi connectivity index (χ2v) is 8.56. The van der Waals surface area contributed by atoms with Gasteiger partial charge in [-0.2, -0.15) is 0 Å². The molecule has 4 nitrogen and oxygen atoms in total. The molecule has 0 aliphatic heterocycles. The van der Waals surface area contributed by atoms with Crippen molar-refractivity contribution in [3.05, 3.63) is 0 Å². The van der Waals surface area contributed by atoms with Crippen molar-refractivity contribution in [1.82, 2.24) is 10.6 Å². The molecule has 0 aromatic carbocycles. The van der Waals surface area contributed by atoms with Crippen LogP contribution >= 0.6 is 0 Å². The van der Waals surface area contributed by atoms with E-state index < -0.39 is 5.60 Å². The normalized spacial score (nSPS) is 23.9. The first-order valence-corrected chi connectivity index (χ1v) is 8.34. The number of hydrogen-bond donors (Lipinski definition) is 2. The molecule has 0 aromatic heterocycles. The smallest absolute Gasteiger partial charge is 0.407 e. The number of rotatable bonds is 6. The van der Waals surface area contributed by atoms with Crippen LogP contribution < -0.4 is 10.6 Å². The van der Waals surface area contributed by atoms with Crippen molar-refractivity contribution in [3.8, 4) is 0 Å². The molecule has 2 rings (SSSR count). The van der Waals surface area contributed by atoms with Gasteiger partial charge in [-0.25, -0.2) is 4.79 Å². The van der Waals surface area contributed by atoms with Crippen LogP contribution in [0.5, 0.6) is 0 Å². The van der Waals surface area contributed by atoms with Gasteiger partial charge in [0.15, 0.2) is 0 Å². The molecule has 2 fully saturated rings. The Hall–Kier alpha value is -0.770. The highest BCUT2D eigenvalue weighted by Crippen LogP contribution is 2.43. The van der Waals surface area contributed by atoms with E-state index in [0.717, 1.165) is 6.54 Å². The van der Waals surface area contributed by atoms with Crippen LogP contribution in [0.3, 0.4) is 0 Å². The van der Waals surface area contributed by atoms with E-state index in [1.807, 2.05) is 20.8 Å². The van der Waals surface area contributed by atoms with Crippen molar-refractivity contribution in [1.29, 1.82) is 0 Å². The number of hydrogen-bond acceptors (Lipinski definition) is 3. The van der Waals surface area contributed by atoms with Gasteiger partial charge in [0.25, 0.3) is 0 Å². The minimum atomic E-state index is -0.438. The molecule has 2 aliphatic rings. The summed E-state index contributed by atoms with van der Waals surface area (Å²) in [6, 6.07) is 0. The van der Waals surface area contributed by atoms with Crippen LogP contribution in [-0.4, -0.2) is 30.3 Å². The molecule has 2 saturated carbocycles. The summed E-state index contributed by atoms with van der Waals surface area (Å²) in [7, 11) is 0. The van der Waals surface area contributed by atoms with Crippen molar-refractivity contribution < 1.29 is 9.53 Å². The van der Waals surface area contributed by atoms with Gasteiger partial charge in [-0.05, 0) is 64.7 Å². The Morgan fingerprint density at radius 2 is 1.86 bits per heavy atom. The summed E-state index contributed by atoms with van der Waals surface area (Å²) in [6.07, 6.45) is 6.20. The number of amides is 1. The van der Waals surface area contributed by atoms with E-state index in [9.17, 15) is 4.79 Å². The van der Waals surface area contributed by atoms with Crippen molar-refractivity contribution >= 4 is 6.09 Å². The third-order valence-electron chi connectivity index (χ3n) is 4.96. The average Bonchev–Trinajstić information content (AvgIpc) is 3.14. The molecule has 122 valence electrons. The second kappa shape index (κ2) is 5.79. The van der Waals surface area contributed by atoms with Crippen molar-refractivity contribution in [2.45, 2.75) is 77.9 Å². The zero-order valence-electron chi connectivity index (χ0n) is 14.3. The van der Waals surface area contributed by atoms with Gasteiger partial charge in [-0.15, -0.1) is 0 Å². The van der Waals surface area contributed by atoms with Gasteiger partial charge in [-0.3, -0.25) is 0 Å². The maximum Gasteiger partial charge on any atom is 0.407 e. The number of carbonyl (C=O) groups excluding carboxylic acids is 1. The topological polar surface area (TPSA) is 50.4 Å². The Bertz CT molecular complexity index is 381. The van der Waals surface area contributed by atoms with Gasteiger partial charge >= 0.3 is 6.09 Å². The summed E-state index contributed by atoms with van der Waals surface area (Å²) in [6.45, 7) is 12.0. The molecule has 21 heavy (non-hydrogen) atoms. The number of ether oxygens (including phenoxy) is 1. The van der Waals surface area contributed by atoms with Crippen LogP contribution in [0.2, 0.25) is 0 Å². The molecule has 2 N–H and O–H groups in total. The highest BCUT2D eigenvalue weighted by atomic mass is 16.6.